The Morgan fingerprint density at radius 3 is 2.19 bits per heavy atom. The molecule has 0 saturated heterocycles. The molecule has 0 amide bonds. The predicted molar refractivity (Wildman–Crippen MR) is 68.7 cm³/mol. The molecule has 2 unspecified atom stereocenters. The lowest BCUT2D eigenvalue weighted by atomic mass is 9.88. The van der Waals surface area contributed by atoms with Gasteiger partial charge in [0.25, 0.3) is 5.22 Å². The third-order valence-corrected chi connectivity index (χ3v) is 4.33. The summed E-state index contributed by atoms with van der Waals surface area (Å²) in [5, 5.41) is 1.03. The number of hydrogen-bond donors (Lipinski definition) is 1. The topological polar surface area (TPSA) is 52.0 Å². The van der Waals surface area contributed by atoms with Gasteiger partial charge in [-0.1, -0.05) is 32.5 Å². The number of thioether (sulfide) groups is 1. The van der Waals surface area contributed by atoms with E-state index in [1.54, 1.807) is 11.8 Å². The van der Waals surface area contributed by atoms with Crippen molar-refractivity contribution in [1.29, 1.82) is 0 Å². The second-order valence-corrected chi connectivity index (χ2v) is 6.48. The van der Waals surface area contributed by atoms with Gasteiger partial charge in [-0.25, -0.2) is 4.98 Å². The van der Waals surface area contributed by atoms with Gasteiger partial charge in [0.1, 0.15) is 5.76 Å². The van der Waals surface area contributed by atoms with Gasteiger partial charge in [0, 0.05) is 11.3 Å². The van der Waals surface area contributed by atoms with E-state index in [2.05, 4.69) is 25.8 Å². The molecule has 3 nitrogen and oxygen atoms in total. The minimum atomic E-state index is 0.109. The number of aromatic nitrogens is 1. The molecule has 1 aromatic rings. The molecular weight excluding hydrogens is 220 g/mol. The molecule has 1 rings (SSSR count). The SMILES string of the molecule is Cc1nc(SC(C(C)N)C(C)(C)C)oc1C. The Balaban J connectivity index is 2.84. The monoisotopic (exact) mass is 242 g/mol. The molecule has 0 bridgehead atoms. The Labute approximate surface area is 102 Å². The summed E-state index contributed by atoms with van der Waals surface area (Å²) < 4.78 is 5.59. The van der Waals surface area contributed by atoms with Crippen LogP contribution in [0.2, 0.25) is 0 Å². The van der Waals surface area contributed by atoms with E-state index < -0.39 is 0 Å². The lowest BCUT2D eigenvalue weighted by Crippen LogP contribution is -2.38. The molecule has 0 aliphatic heterocycles. The fourth-order valence-corrected chi connectivity index (χ4v) is 2.82. The van der Waals surface area contributed by atoms with Crippen molar-refractivity contribution in [3.05, 3.63) is 11.5 Å². The average Bonchev–Trinajstić information content (AvgIpc) is 2.40. The molecular formula is C12H22N2OS. The van der Waals surface area contributed by atoms with Crippen LogP contribution in [-0.2, 0) is 0 Å². The molecule has 1 heterocycles. The first-order valence-corrected chi connectivity index (χ1v) is 6.46. The highest BCUT2D eigenvalue weighted by Crippen LogP contribution is 2.36. The molecule has 4 heteroatoms. The summed E-state index contributed by atoms with van der Waals surface area (Å²) in [6, 6.07) is 0.109. The Hall–Kier alpha value is -0.480. The number of rotatable bonds is 3. The maximum absolute atomic E-state index is 6.03. The summed E-state index contributed by atoms with van der Waals surface area (Å²) in [5.41, 5.74) is 7.12. The van der Waals surface area contributed by atoms with Crippen molar-refractivity contribution in [3.63, 3.8) is 0 Å². The van der Waals surface area contributed by atoms with E-state index in [0.29, 0.717) is 5.25 Å². The van der Waals surface area contributed by atoms with E-state index in [0.717, 1.165) is 16.7 Å². The molecule has 0 radical (unpaired) electrons. The van der Waals surface area contributed by atoms with Crippen molar-refractivity contribution in [2.75, 3.05) is 0 Å². The van der Waals surface area contributed by atoms with Gasteiger partial charge in [0.2, 0.25) is 0 Å². The van der Waals surface area contributed by atoms with Crippen LogP contribution in [0.3, 0.4) is 0 Å². The van der Waals surface area contributed by atoms with Crippen molar-refractivity contribution < 1.29 is 4.42 Å². The summed E-state index contributed by atoms with van der Waals surface area (Å²) in [4.78, 5) is 4.39. The molecule has 2 N–H and O–H groups in total. The van der Waals surface area contributed by atoms with Crippen LogP contribution in [-0.4, -0.2) is 16.3 Å². The number of hydrogen-bond acceptors (Lipinski definition) is 4. The first-order valence-electron chi connectivity index (χ1n) is 5.58. The van der Waals surface area contributed by atoms with Crippen molar-refractivity contribution in [2.24, 2.45) is 11.1 Å². The predicted octanol–water partition coefficient (Wildman–Crippen LogP) is 3.15. The second-order valence-electron chi connectivity index (χ2n) is 5.38. The second kappa shape index (κ2) is 4.80. The number of oxazole rings is 1. The number of nitrogens with two attached hydrogens (primary N) is 1. The van der Waals surface area contributed by atoms with Gasteiger partial charge >= 0.3 is 0 Å². The summed E-state index contributed by atoms with van der Waals surface area (Å²) in [6.07, 6.45) is 0. The van der Waals surface area contributed by atoms with E-state index >= 15 is 0 Å². The first kappa shape index (κ1) is 13.6. The van der Waals surface area contributed by atoms with Gasteiger partial charge < -0.3 is 10.2 Å². The lowest BCUT2D eigenvalue weighted by molar-refractivity contribution is 0.357. The molecule has 1 aromatic heterocycles. The van der Waals surface area contributed by atoms with E-state index in [4.69, 9.17) is 10.2 Å². The molecule has 0 aliphatic rings. The summed E-state index contributed by atoms with van der Waals surface area (Å²) in [6.45, 7) is 12.5. The highest BCUT2D eigenvalue weighted by molar-refractivity contribution is 7.99. The highest BCUT2D eigenvalue weighted by Gasteiger charge is 2.30. The van der Waals surface area contributed by atoms with E-state index in [1.165, 1.54) is 0 Å². The van der Waals surface area contributed by atoms with Crippen LogP contribution in [0.1, 0.15) is 39.1 Å². The molecule has 16 heavy (non-hydrogen) atoms. The van der Waals surface area contributed by atoms with Crippen LogP contribution >= 0.6 is 11.8 Å². The van der Waals surface area contributed by atoms with Crippen LogP contribution in [0.5, 0.6) is 0 Å². The summed E-state index contributed by atoms with van der Waals surface area (Å²) >= 11 is 1.64. The van der Waals surface area contributed by atoms with Gasteiger partial charge in [0.15, 0.2) is 0 Å². The minimum Gasteiger partial charge on any atom is -0.437 e. The Kier molecular flexibility index (Phi) is 4.07. The third-order valence-electron chi connectivity index (χ3n) is 2.57. The maximum atomic E-state index is 6.03. The van der Waals surface area contributed by atoms with Crippen LogP contribution in [0.25, 0.3) is 0 Å². The standard InChI is InChI=1S/C12H22N2OS/c1-7(13)10(12(4,5)6)16-11-14-8(2)9(3)15-11/h7,10H,13H2,1-6H3. The zero-order chi connectivity index (χ0) is 12.5. The molecule has 92 valence electrons. The van der Waals surface area contributed by atoms with Crippen LogP contribution in [0.4, 0.5) is 0 Å². The highest BCUT2D eigenvalue weighted by atomic mass is 32.2. The Morgan fingerprint density at radius 1 is 1.31 bits per heavy atom. The molecule has 0 aromatic carbocycles. The molecule has 2 atom stereocenters. The third kappa shape index (κ3) is 3.25. The van der Waals surface area contributed by atoms with Gasteiger partial charge in [0.05, 0.1) is 5.69 Å². The van der Waals surface area contributed by atoms with E-state index in [1.807, 2.05) is 20.8 Å². The summed E-state index contributed by atoms with van der Waals surface area (Å²) in [5.74, 6) is 0.889. The number of aryl methyl sites for hydroxylation is 2. The van der Waals surface area contributed by atoms with Gasteiger partial charge in [-0.2, -0.15) is 0 Å². The number of nitrogens with zero attached hydrogens (tertiary/aromatic N) is 1. The van der Waals surface area contributed by atoms with E-state index in [-0.39, 0.29) is 11.5 Å². The summed E-state index contributed by atoms with van der Waals surface area (Å²) in [7, 11) is 0. The first-order chi connectivity index (χ1) is 7.21. The quantitative estimate of drug-likeness (QED) is 0.827. The Bertz CT molecular complexity index is 333. The van der Waals surface area contributed by atoms with Gasteiger partial charge in [-0.05, 0) is 26.2 Å². The molecule has 0 spiro atoms. The fourth-order valence-electron chi connectivity index (χ4n) is 1.68. The smallest absolute Gasteiger partial charge is 0.256 e. The maximum Gasteiger partial charge on any atom is 0.256 e. The van der Waals surface area contributed by atoms with Gasteiger partial charge in [-0.15, -0.1) is 0 Å². The fraction of sp³-hybridized carbons (Fsp3) is 0.750. The van der Waals surface area contributed by atoms with Crippen molar-refractivity contribution in [2.45, 2.75) is 58.1 Å². The van der Waals surface area contributed by atoms with Gasteiger partial charge in [-0.3, -0.25) is 0 Å². The van der Waals surface area contributed by atoms with Crippen LogP contribution in [0, 0.1) is 19.3 Å². The van der Waals surface area contributed by atoms with Crippen LogP contribution < -0.4 is 5.73 Å². The lowest BCUT2D eigenvalue weighted by Gasteiger charge is -2.31. The zero-order valence-corrected chi connectivity index (χ0v) is 11.8. The largest absolute Gasteiger partial charge is 0.437 e. The molecule has 0 saturated carbocycles. The zero-order valence-electron chi connectivity index (χ0n) is 11.0. The molecule has 0 fully saturated rings. The average molecular weight is 242 g/mol. The van der Waals surface area contributed by atoms with Crippen molar-refractivity contribution >= 4 is 11.8 Å². The molecule has 0 aliphatic carbocycles. The minimum absolute atomic E-state index is 0.109. The Morgan fingerprint density at radius 2 is 1.88 bits per heavy atom. The van der Waals surface area contributed by atoms with Crippen molar-refractivity contribution in [1.82, 2.24) is 4.98 Å². The van der Waals surface area contributed by atoms with Crippen LogP contribution in [0.15, 0.2) is 9.64 Å². The van der Waals surface area contributed by atoms with E-state index in [9.17, 15) is 0 Å². The normalized spacial score (nSPS) is 16.2. The van der Waals surface area contributed by atoms with Crippen molar-refractivity contribution in [3.8, 4) is 0 Å².